The van der Waals surface area contributed by atoms with Gasteiger partial charge in [0.25, 0.3) is 5.56 Å². The molecule has 0 bridgehead atoms. The summed E-state index contributed by atoms with van der Waals surface area (Å²) in [5.74, 6) is 0. The third-order valence-corrected chi connectivity index (χ3v) is 5.01. The average Bonchev–Trinajstić information content (AvgIpc) is 2.77. The fourth-order valence-electron chi connectivity index (χ4n) is 3.73. The number of benzene rings is 1. The Balaban J connectivity index is 1.85. The quantitative estimate of drug-likeness (QED) is 0.675. The zero-order valence-electron chi connectivity index (χ0n) is 14.0. The molecule has 24 heavy (non-hydrogen) atoms. The highest BCUT2D eigenvalue weighted by molar-refractivity contribution is 5.78. The first-order valence-electron chi connectivity index (χ1n) is 8.77. The molecule has 2 aromatic heterocycles. The average molecular weight is 322 g/mol. The summed E-state index contributed by atoms with van der Waals surface area (Å²) in [5, 5.41) is 5.21. The molecule has 0 saturated heterocycles. The second-order valence-corrected chi connectivity index (χ2v) is 6.63. The lowest BCUT2D eigenvalue weighted by Gasteiger charge is -2.17. The van der Waals surface area contributed by atoms with E-state index >= 15 is 0 Å². The number of rotatable bonds is 2. The van der Waals surface area contributed by atoms with Crippen molar-refractivity contribution in [1.82, 2.24) is 19.3 Å². The predicted octanol–water partition coefficient (Wildman–Crippen LogP) is 3.79. The molecule has 5 heteroatoms. The zero-order valence-corrected chi connectivity index (χ0v) is 14.0. The van der Waals surface area contributed by atoms with Crippen LogP contribution in [0.4, 0.5) is 0 Å². The van der Waals surface area contributed by atoms with E-state index in [-0.39, 0.29) is 11.6 Å². The van der Waals surface area contributed by atoms with Crippen molar-refractivity contribution >= 4 is 11.0 Å². The Kier molecular flexibility index (Phi) is 3.92. The van der Waals surface area contributed by atoms with Crippen LogP contribution in [-0.2, 0) is 0 Å². The van der Waals surface area contributed by atoms with E-state index in [2.05, 4.69) is 10.1 Å². The molecule has 0 amide bonds. The Morgan fingerprint density at radius 2 is 1.75 bits per heavy atom. The highest BCUT2D eigenvalue weighted by atomic mass is 16.1. The summed E-state index contributed by atoms with van der Waals surface area (Å²) >= 11 is 0. The van der Waals surface area contributed by atoms with E-state index in [0.29, 0.717) is 11.0 Å². The molecule has 0 unspecified atom stereocenters. The third kappa shape index (κ3) is 2.54. The molecule has 0 atom stereocenters. The molecule has 5 nitrogen and oxygen atoms in total. The van der Waals surface area contributed by atoms with Crippen LogP contribution in [0.5, 0.6) is 0 Å². The first kappa shape index (κ1) is 15.1. The molecule has 0 aliphatic heterocycles. The fraction of sp³-hybridized carbons (Fsp3) is 0.421. The molecular weight excluding hydrogens is 300 g/mol. The normalized spacial score (nSPS) is 16.4. The van der Waals surface area contributed by atoms with Gasteiger partial charge in [-0.05, 0) is 31.9 Å². The van der Waals surface area contributed by atoms with E-state index in [1.165, 1.54) is 25.7 Å². The van der Waals surface area contributed by atoms with E-state index < -0.39 is 0 Å². The van der Waals surface area contributed by atoms with Crippen LogP contribution in [0, 0.1) is 6.92 Å². The molecule has 1 aliphatic carbocycles. The highest BCUT2D eigenvalue weighted by Gasteiger charge is 2.20. The first-order valence-corrected chi connectivity index (χ1v) is 8.77. The molecule has 0 radical (unpaired) electrons. The molecule has 0 N–H and O–H groups in total. The van der Waals surface area contributed by atoms with Crippen LogP contribution in [-0.4, -0.2) is 19.3 Å². The maximum absolute atomic E-state index is 13.1. The maximum atomic E-state index is 13.1. The minimum atomic E-state index is 0.0478. The first-order chi connectivity index (χ1) is 11.8. The van der Waals surface area contributed by atoms with Gasteiger partial charge in [0.1, 0.15) is 11.7 Å². The van der Waals surface area contributed by atoms with Gasteiger partial charge in [-0.15, -0.1) is 0 Å². The topological polar surface area (TPSA) is 52.7 Å². The number of para-hydroxylation sites is 1. The van der Waals surface area contributed by atoms with Crippen LogP contribution in [0.15, 0.2) is 41.5 Å². The van der Waals surface area contributed by atoms with Crippen molar-refractivity contribution in [2.24, 2.45) is 0 Å². The van der Waals surface area contributed by atoms with Gasteiger partial charge in [-0.2, -0.15) is 5.10 Å². The van der Waals surface area contributed by atoms with Crippen LogP contribution in [0.25, 0.3) is 16.7 Å². The van der Waals surface area contributed by atoms with Gasteiger partial charge in [0.15, 0.2) is 5.65 Å². The largest absolute Gasteiger partial charge is 0.295 e. The van der Waals surface area contributed by atoms with Gasteiger partial charge >= 0.3 is 0 Å². The Hall–Kier alpha value is -2.43. The summed E-state index contributed by atoms with van der Waals surface area (Å²) in [7, 11) is 0. The van der Waals surface area contributed by atoms with Crippen LogP contribution in [0.1, 0.15) is 50.3 Å². The monoisotopic (exact) mass is 322 g/mol. The van der Waals surface area contributed by atoms with Gasteiger partial charge in [-0.1, -0.05) is 43.9 Å². The van der Waals surface area contributed by atoms with E-state index in [1.54, 1.807) is 11.0 Å². The second kappa shape index (κ2) is 6.23. The van der Waals surface area contributed by atoms with Gasteiger partial charge in [0, 0.05) is 6.04 Å². The summed E-state index contributed by atoms with van der Waals surface area (Å²) in [5.41, 5.74) is 2.36. The summed E-state index contributed by atoms with van der Waals surface area (Å²) in [6, 6.07) is 10.1. The second-order valence-electron chi connectivity index (χ2n) is 6.63. The lowest BCUT2D eigenvalue weighted by molar-refractivity contribution is 0.429. The van der Waals surface area contributed by atoms with Gasteiger partial charge < -0.3 is 0 Å². The van der Waals surface area contributed by atoms with Crippen molar-refractivity contribution in [2.75, 3.05) is 0 Å². The van der Waals surface area contributed by atoms with Crippen molar-refractivity contribution in [3.05, 3.63) is 52.7 Å². The molecule has 1 fully saturated rings. The van der Waals surface area contributed by atoms with Crippen molar-refractivity contribution in [3.63, 3.8) is 0 Å². The standard InChI is InChI=1S/C19H22N4O/c1-14-17-18(23(21-14)16-11-7-4-8-12-16)20-13-22(19(17)24)15-9-5-2-3-6-10-15/h4,7-8,11-13,15H,2-3,5-6,9-10H2,1H3. The van der Waals surface area contributed by atoms with Gasteiger partial charge in [0.2, 0.25) is 0 Å². The van der Waals surface area contributed by atoms with Crippen molar-refractivity contribution < 1.29 is 0 Å². The number of aryl methyl sites for hydroxylation is 1. The molecule has 3 aromatic rings. The minimum Gasteiger partial charge on any atom is -0.295 e. The summed E-state index contributed by atoms with van der Waals surface area (Å²) in [6.45, 7) is 1.89. The summed E-state index contributed by atoms with van der Waals surface area (Å²) < 4.78 is 3.61. The Morgan fingerprint density at radius 3 is 2.46 bits per heavy atom. The molecule has 1 aliphatic rings. The third-order valence-electron chi connectivity index (χ3n) is 5.01. The Labute approximate surface area is 141 Å². The molecule has 4 rings (SSSR count). The molecule has 1 aromatic carbocycles. The SMILES string of the molecule is Cc1nn(-c2ccccc2)c2ncn(C3CCCCCC3)c(=O)c12. The maximum Gasteiger partial charge on any atom is 0.265 e. The van der Waals surface area contributed by atoms with Crippen LogP contribution in [0.2, 0.25) is 0 Å². The molecule has 2 heterocycles. The Morgan fingerprint density at radius 1 is 1.04 bits per heavy atom. The predicted molar refractivity (Wildman–Crippen MR) is 94.6 cm³/mol. The highest BCUT2D eigenvalue weighted by Crippen LogP contribution is 2.26. The van der Waals surface area contributed by atoms with Gasteiger partial charge in [0.05, 0.1) is 11.4 Å². The lowest BCUT2D eigenvalue weighted by Crippen LogP contribution is -2.25. The molecule has 124 valence electrons. The van der Waals surface area contributed by atoms with Crippen LogP contribution >= 0.6 is 0 Å². The van der Waals surface area contributed by atoms with Crippen molar-refractivity contribution in [3.8, 4) is 5.69 Å². The van der Waals surface area contributed by atoms with Crippen LogP contribution in [0.3, 0.4) is 0 Å². The van der Waals surface area contributed by atoms with Gasteiger partial charge in [-0.25, -0.2) is 9.67 Å². The van der Waals surface area contributed by atoms with Crippen molar-refractivity contribution in [2.45, 2.75) is 51.5 Å². The van der Waals surface area contributed by atoms with E-state index in [0.717, 1.165) is 24.2 Å². The van der Waals surface area contributed by atoms with E-state index in [4.69, 9.17) is 0 Å². The summed E-state index contributed by atoms with van der Waals surface area (Å²) in [4.78, 5) is 17.7. The van der Waals surface area contributed by atoms with E-state index in [1.807, 2.05) is 41.8 Å². The number of hydrogen-bond acceptors (Lipinski definition) is 3. The summed E-state index contributed by atoms with van der Waals surface area (Å²) in [6.07, 6.45) is 8.78. The number of fused-ring (bicyclic) bond motifs is 1. The molecule has 1 saturated carbocycles. The molecule has 0 spiro atoms. The van der Waals surface area contributed by atoms with Gasteiger partial charge in [-0.3, -0.25) is 9.36 Å². The molecular formula is C19H22N4O. The lowest BCUT2D eigenvalue weighted by atomic mass is 10.1. The smallest absolute Gasteiger partial charge is 0.265 e. The number of hydrogen-bond donors (Lipinski definition) is 0. The van der Waals surface area contributed by atoms with Crippen LogP contribution < -0.4 is 5.56 Å². The van der Waals surface area contributed by atoms with Crippen molar-refractivity contribution in [1.29, 1.82) is 0 Å². The minimum absolute atomic E-state index is 0.0478. The number of aromatic nitrogens is 4. The zero-order chi connectivity index (χ0) is 16.5. The fourth-order valence-corrected chi connectivity index (χ4v) is 3.73. The Bertz CT molecular complexity index is 902. The number of nitrogens with zero attached hydrogens (tertiary/aromatic N) is 4. The van der Waals surface area contributed by atoms with E-state index in [9.17, 15) is 4.79 Å².